The quantitative estimate of drug-likeness (QED) is 0.0615. The molecule has 0 aromatic rings. The first-order valence-corrected chi connectivity index (χ1v) is 26.0. The SMILES string of the molecule is CCCCCCCCCCCCCCCCCCCCCCCCCCC(O)CCCCCCCCCCCCCCCCCCCCCCCCC. The summed E-state index contributed by atoms with van der Waals surface area (Å²) < 4.78 is 0. The van der Waals surface area contributed by atoms with Gasteiger partial charge in [0.05, 0.1) is 6.10 Å². The van der Waals surface area contributed by atoms with Crippen LogP contribution in [0.4, 0.5) is 0 Å². The van der Waals surface area contributed by atoms with Gasteiger partial charge >= 0.3 is 0 Å². The maximum Gasteiger partial charge on any atom is 0.0540 e. The summed E-state index contributed by atoms with van der Waals surface area (Å²) in [4.78, 5) is 0. The normalized spacial score (nSPS) is 12.3. The molecule has 0 rings (SSSR count). The third-order valence-electron chi connectivity index (χ3n) is 12.5. The van der Waals surface area contributed by atoms with Crippen LogP contribution in [0, 0.1) is 0 Å². The molecule has 0 radical (unpaired) electrons. The standard InChI is InChI=1S/C52H106O/c1-3-5-7-9-11-13-15-17-19-21-23-25-27-29-31-33-35-37-39-41-43-45-47-49-51-52(53)50-48-46-44-42-40-38-36-34-32-30-28-26-24-22-20-18-16-14-12-10-8-6-4-2/h52-53H,3-51H2,1-2H3. The van der Waals surface area contributed by atoms with Gasteiger partial charge < -0.3 is 5.11 Å². The molecule has 0 spiro atoms. The Bertz CT molecular complexity index is 600. The molecule has 0 aliphatic carbocycles. The molecule has 0 amide bonds. The number of unbranched alkanes of at least 4 members (excludes halogenated alkanes) is 45. The number of aliphatic hydroxyl groups is 1. The van der Waals surface area contributed by atoms with E-state index in [9.17, 15) is 5.11 Å². The first-order chi connectivity index (χ1) is 26.3. The molecule has 0 saturated heterocycles. The highest BCUT2D eigenvalue weighted by Gasteiger charge is 2.04. The summed E-state index contributed by atoms with van der Waals surface area (Å²) in [6, 6.07) is 0. The fourth-order valence-corrected chi connectivity index (χ4v) is 8.65. The summed E-state index contributed by atoms with van der Waals surface area (Å²) >= 11 is 0. The lowest BCUT2D eigenvalue weighted by Crippen LogP contribution is -2.05. The number of hydrogen-bond donors (Lipinski definition) is 1. The highest BCUT2D eigenvalue weighted by Crippen LogP contribution is 2.19. The van der Waals surface area contributed by atoms with Crippen LogP contribution in [0.3, 0.4) is 0 Å². The van der Waals surface area contributed by atoms with E-state index in [0.717, 1.165) is 12.8 Å². The van der Waals surface area contributed by atoms with Crippen molar-refractivity contribution in [1.29, 1.82) is 0 Å². The van der Waals surface area contributed by atoms with Crippen LogP contribution in [0.1, 0.15) is 328 Å². The first kappa shape index (κ1) is 53.0. The summed E-state index contributed by atoms with van der Waals surface area (Å²) in [5.74, 6) is 0. The second-order valence-electron chi connectivity index (χ2n) is 18.1. The van der Waals surface area contributed by atoms with E-state index in [1.165, 1.54) is 302 Å². The lowest BCUT2D eigenvalue weighted by atomic mass is 10.0. The third kappa shape index (κ3) is 49.9. The van der Waals surface area contributed by atoms with Crippen molar-refractivity contribution in [3.05, 3.63) is 0 Å². The van der Waals surface area contributed by atoms with E-state index in [-0.39, 0.29) is 6.10 Å². The van der Waals surface area contributed by atoms with Crippen molar-refractivity contribution in [2.24, 2.45) is 0 Å². The predicted octanol–water partition coefficient (Wildman–Crippen LogP) is 19.5. The molecule has 0 saturated carbocycles. The maximum absolute atomic E-state index is 10.4. The van der Waals surface area contributed by atoms with Crippen molar-refractivity contribution in [2.45, 2.75) is 335 Å². The van der Waals surface area contributed by atoms with Crippen LogP contribution in [-0.2, 0) is 0 Å². The molecule has 320 valence electrons. The molecule has 1 heteroatoms. The number of rotatable bonds is 49. The minimum absolute atomic E-state index is 0.0374. The van der Waals surface area contributed by atoms with Gasteiger partial charge in [-0.1, -0.05) is 316 Å². The molecule has 0 fully saturated rings. The van der Waals surface area contributed by atoms with Gasteiger partial charge in [0, 0.05) is 0 Å². The lowest BCUT2D eigenvalue weighted by Gasteiger charge is -2.10. The van der Waals surface area contributed by atoms with Crippen molar-refractivity contribution in [3.8, 4) is 0 Å². The van der Waals surface area contributed by atoms with E-state index < -0.39 is 0 Å². The highest BCUT2D eigenvalue weighted by atomic mass is 16.3. The molecule has 0 heterocycles. The molecule has 0 aromatic carbocycles. The Hall–Kier alpha value is -0.0400. The van der Waals surface area contributed by atoms with E-state index in [0.29, 0.717) is 0 Å². The van der Waals surface area contributed by atoms with Gasteiger partial charge in [-0.2, -0.15) is 0 Å². The Balaban J connectivity index is 3.14. The Kier molecular flexibility index (Phi) is 49.9. The molecule has 0 aliphatic heterocycles. The summed E-state index contributed by atoms with van der Waals surface area (Å²) in [5, 5.41) is 10.4. The van der Waals surface area contributed by atoms with Gasteiger partial charge in [-0.3, -0.25) is 0 Å². The molecule has 0 aliphatic rings. The van der Waals surface area contributed by atoms with Gasteiger partial charge in [-0.15, -0.1) is 0 Å². The molecule has 1 N–H and O–H groups in total. The molecular formula is C52H106O. The molecule has 1 unspecified atom stereocenters. The summed E-state index contributed by atoms with van der Waals surface area (Å²) in [6.45, 7) is 4.62. The number of hydrogen-bond acceptors (Lipinski definition) is 1. The van der Waals surface area contributed by atoms with Crippen molar-refractivity contribution in [3.63, 3.8) is 0 Å². The molecule has 1 atom stereocenters. The molecule has 0 aromatic heterocycles. The van der Waals surface area contributed by atoms with Gasteiger partial charge in [-0.05, 0) is 12.8 Å². The van der Waals surface area contributed by atoms with Crippen LogP contribution in [0.5, 0.6) is 0 Å². The highest BCUT2D eigenvalue weighted by molar-refractivity contribution is 4.59. The van der Waals surface area contributed by atoms with Crippen LogP contribution >= 0.6 is 0 Å². The van der Waals surface area contributed by atoms with E-state index in [4.69, 9.17) is 0 Å². The van der Waals surface area contributed by atoms with Gasteiger partial charge in [0.25, 0.3) is 0 Å². The minimum atomic E-state index is -0.0374. The van der Waals surface area contributed by atoms with Crippen molar-refractivity contribution < 1.29 is 5.11 Å². The van der Waals surface area contributed by atoms with Crippen LogP contribution < -0.4 is 0 Å². The first-order valence-electron chi connectivity index (χ1n) is 26.0. The van der Waals surface area contributed by atoms with Gasteiger partial charge in [0.15, 0.2) is 0 Å². The van der Waals surface area contributed by atoms with E-state index in [1.807, 2.05) is 0 Å². The summed E-state index contributed by atoms with van der Waals surface area (Å²) in [6.07, 6.45) is 69.8. The van der Waals surface area contributed by atoms with Crippen LogP contribution in [0.2, 0.25) is 0 Å². The van der Waals surface area contributed by atoms with Crippen LogP contribution in [0.25, 0.3) is 0 Å². The van der Waals surface area contributed by atoms with Crippen LogP contribution in [-0.4, -0.2) is 11.2 Å². The zero-order chi connectivity index (χ0) is 38.2. The zero-order valence-corrected chi connectivity index (χ0v) is 37.7. The Morgan fingerprint density at radius 2 is 0.302 bits per heavy atom. The van der Waals surface area contributed by atoms with Gasteiger partial charge in [0.2, 0.25) is 0 Å². The van der Waals surface area contributed by atoms with Crippen molar-refractivity contribution in [1.82, 2.24) is 0 Å². The maximum atomic E-state index is 10.4. The van der Waals surface area contributed by atoms with Gasteiger partial charge in [0.1, 0.15) is 0 Å². The zero-order valence-electron chi connectivity index (χ0n) is 37.7. The number of aliphatic hydroxyl groups excluding tert-OH is 1. The smallest absolute Gasteiger partial charge is 0.0540 e. The monoisotopic (exact) mass is 747 g/mol. The average Bonchev–Trinajstić information content (AvgIpc) is 3.16. The predicted molar refractivity (Wildman–Crippen MR) is 244 cm³/mol. The largest absolute Gasteiger partial charge is 0.393 e. The lowest BCUT2D eigenvalue weighted by molar-refractivity contribution is 0.147. The molecule has 0 bridgehead atoms. The topological polar surface area (TPSA) is 20.2 Å². The Morgan fingerprint density at radius 1 is 0.189 bits per heavy atom. The summed E-state index contributed by atoms with van der Waals surface area (Å²) in [5.41, 5.74) is 0. The van der Waals surface area contributed by atoms with Gasteiger partial charge in [-0.25, -0.2) is 0 Å². The Labute approximate surface area is 338 Å². The van der Waals surface area contributed by atoms with Crippen LogP contribution in [0.15, 0.2) is 0 Å². The third-order valence-corrected chi connectivity index (χ3v) is 12.5. The fraction of sp³-hybridized carbons (Fsp3) is 1.00. The van der Waals surface area contributed by atoms with Crippen molar-refractivity contribution in [2.75, 3.05) is 0 Å². The van der Waals surface area contributed by atoms with Crippen molar-refractivity contribution >= 4 is 0 Å². The molecular weight excluding hydrogens is 641 g/mol. The Morgan fingerprint density at radius 3 is 0.434 bits per heavy atom. The summed E-state index contributed by atoms with van der Waals surface area (Å²) in [7, 11) is 0. The molecule has 53 heavy (non-hydrogen) atoms. The van der Waals surface area contributed by atoms with E-state index in [2.05, 4.69) is 13.8 Å². The van der Waals surface area contributed by atoms with E-state index in [1.54, 1.807) is 0 Å². The second kappa shape index (κ2) is 50.0. The second-order valence-corrected chi connectivity index (χ2v) is 18.1. The average molecular weight is 747 g/mol. The van der Waals surface area contributed by atoms with E-state index >= 15 is 0 Å². The fourth-order valence-electron chi connectivity index (χ4n) is 8.65. The minimum Gasteiger partial charge on any atom is -0.393 e. The molecule has 1 nitrogen and oxygen atoms in total.